The van der Waals surface area contributed by atoms with Gasteiger partial charge in [-0.2, -0.15) is 9.61 Å². The Morgan fingerprint density at radius 2 is 2.11 bits per heavy atom. The number of imidazole rings is 1. The van der Waals surface area contributed by atoms with Gasteiger partial charge >= 0.3 is 0 Å². The molecule has 0 saturated carbocycles. The van der Waals surface area contributed by atoms with E-state index in [1.165, 1.54) is 23.5 Å². The van der Waals surface area contributed by atoms with E-state index >= 15 is 0 Å². The zero-order valence-electron chi connectivity index (χ0n) is 10.1. The molecule has 0 amide bonds. The minimum atomic E-state index is -0.253. The Bertz CT molecular complexity index is 745. The van der Waals surface area contributed by atoms with E-state index in [0.29, 0.717) is 22.8 Å². The molecule has 0 aliphatic carbocycles. The fourth-order valence-corrected chi connectivity index (χ4v) is 2.87. The van der Waals surface area contributed by atoms with Crippen molar-refractivity contribution in [3.8, 4) is 0 Å². The van der Waals surface area contributed by atoms with Crippen molar-refractivity contribution in [1.82, 2.24) is 14.6 Å². The van der Waals surface area contributed by atoms with Gasteiger partial charge in [0.25, 0.3) is 0 Å². The Labute approximate surface area is 112 Å². The zero-order chi connectivity index (χ0) is 13.4. The third-order valence-corrected chi connectivity index (χ3v) is 3.75. The molecular formula is C13H10FN3OS. The van der Waals surface area contributed by atoms with E-state index < -0.39 is 0 Å². The van der Waals surface area contributed by atoms with Gasteiger partial charge < -0.3 is 0 Å². The maximum Gasteiger partial charge on any atom is 0.213 e. The molecular weight excluding hydrogens is 265 g/mol. The lowest BCUT2D eigenvalue weighted by Gasteiger charge is -1.96. The van der Waals surface area contributed by atoms with Crippen molar-refractivity contribution < 1.29 is 9.18 Å². The van der Waals surface area contributed by atoms with Crippen LogP contribution in [0, 0.1) is 12.7 Å². The lowest BCUT2D eigenvalue weighted by Crippen LogP contribution is -1.95. The molecule has 0 saturated heterocycles. The van der Waals surface area contributed by atoms with E-state index in [9.17, 15) is 9.18 Å². The number of aromatic nitrogens is 3. The molecule has 2 heterocycles. The fraction of sp³-hybridized carbons (Fsp3) is 0.154. The first kappa shape index (κ1) is 12.0. The Balaban J connectivity index is 1.95. The van der Waals surface area contributed by atoms with Crippen molar-refractivity contribution in [3.05, 3.63) is 52.0 Å². The summed E-state index contributed by atoms with van der Waals surface area (Å²) in [6, 6.07) is 6.31. The molecule has 6 heteroatoms. The smallest absolute Gasteiger partial charge is 0.213 e. The molecule has 0 radical (unpaired) electrons. The molecule has 0 atom stereocenters. The number of fused-ring (bicyclic) bond motifs is 1. The second-order valence-electron chi connectivity index (χ2n) is 4.19. The maximum atomic E-state index is 12.8. The first-order valence-electron chi connectivity index (χ1n) is 5.72. The number of nitrogens with zero attached hydrogens (tertiary/aromatic N) is 3. The van der Waals surface area contributed by atoms with Gasteiger partial charge in [0.2, 0.25) is 4.96 Å². The summed E-state index contributed by atoms with van der Waals surface area (Å²) in [5.41, 5.74) is 2.14. The van der Waals surface area contributed by atoms with E-state index in [1.54, 1.807) is 23.6 Å². The van der Waals surface area contributed by atoms with Crippen LogP contribution in [0.15, 0.2) is 24.3 Å². The van der Waals surface area contributed by atoms with Crippen molar-refractivity contribution in [2.24, 2.45) is 0 Å². The monoisotopic (exact) mass is 275 g/mol. The summed E-state index contributed by atoms with van der Waals surface area (Å²) in [5, 5.41) is 5.21. The lowest BCUT2D eigenvalue weighted by molar-refractivity contribution is 0.111. The average molecular weight is 275 g/mol. The first-order chi connectivity index (χ1) is 9.17. The summed E-state index contributed by atoms with van der Waals surface area (Å²) >= 11 is 1.43. The van der Waals surface area contributed by atoms with Crippen LogP contribution in [0.2, 0.25) is 0 Å². The van der Waals surface area contributed by atoms with Gasteiger partial charge in [0.1, 0.15) is 16.5 Å². The largest absolute Gasteiger partial charge is 0.296 e. The van der Waals surface area contributed by atoms with E-state index in [0.717, 1.165) is 16.9 Å². The topological polar surface area (TPSA) is 47.3 Å². The van der Waals surface area contributed by atoms with Crippen molar-refractivity contribution >= 4 is 22.6 Å². The van der Waals surface area contributed by atoms with Crippen LogP contribution < -0.4 is 0 Å². The van der Waals surface area contributed by atoms with Crippen molar-refractivity contribution in [2.75, 3.05) is 0 Å². The van der Waals surface area contributed by atoms with Crippen LogP contribution in [0.3, 0.4) is 0 Å². The van der Waals surface area contributed by atoms with Crippen molar-refractivity contribution in [3.63, 3.8) is 0 Å². The van der Waals surface area contributed by atoms with Gasteiger partial charge in [-0.1, -0.05) is 23.5 Å². The van der Waals surface area contributed by atoms with Crippen LogP contribution in [0.25, 0.3) is 4.96 Å². The van der Waals surface area contributed by atoms with Gasteiger partial charge in [-0.15, -0.1) is 0 Å². The standard InChI is InChI=1S/C13H10FN3OS/c1-8-11(7-18)17-13(15-8)19-12(16-17)6-9-2-4-10(14)5-3-9/h2-5,7H,6H2,1H3. The molecule has 2 aromatic heterocycles. The van der Waals surface area contributed by atoms with Crippen LogP contribution in [0.1, 0.15) is 26.8 Å². The van der Waals surface area contributed by atoms with Crippen molar-refractivity contribution in [1.29, 1.82) is 0 Å². The predicted octanol–water partition coefficient (Wildman–Crippen LogP) is 2.64. The number of rotatable bonds is 3. The van der Waals surface area contributed by atoms with E-state index in [-0.39, 0.29) is 5.82 Å². The molecule has 0 bridgehead atoms. The third kappa shape index (κ3) is 2.15. The minimum Gasteiger partial charge on any atom is -0.296 e. The van der Waals surface area contributed by atoms with E-state index in [1.807, 2.05) is 0 Å². The SMILES string of the molecule is Cc1nc2sc(Cc3ccc(F)cc3)nn2c1C=O. The summed E-state index contributed by atoms with van der Waals surface area (Å²) in [4.78, 5) is 16.0. The van der Waals surface area contributed by atoms with Gasteiger partial charge in [-0.05, 0) is 24.6 Å². The molecule has 0 aliphatic heterocycles. The number of aldehydes is 1. The number of hydrogen-bond donors (Lipinski definition) is 0. The second kappa shape index (κ2) is 4.55. The third-order valence-electron chi connectivity index (χ3n) is 2.84. The Hall–Kier alpha value is -2.08. The number of halogens is 1. The summed E-state index contributed by atoms with van der Waals surface area (Å²) < 4.78 is 14.4. The van der Waals surface area contributed by atoms with Crippen molar-refractivity contribution in [2.45, 2.75) is 13.3 Å². The molecule has 0 spiro atoms. The quantitative estimate of drug-likeness (QED) is 0.690. The second-order valence-corrected chi connectivity index (χ2v) is 5.23. The van der Waals surface area contributed by atoms with E-state index in [4.69, 9.17) is 0 Å². The molecule has 0 aliphatic rings. The lowest BCUT2D eigenvalue weighted by atomic mass is 10.2. The summed E-state index contributed by atoms with van der Waals surface area (Å²) in [5.74, 6) is -0.253. The predicted molar refractivity (Wildman–Crippen MR) is 70.2 cm³/mol. The Morgan fingerprint density at radius 1 is 1.37 bits per heavy atom. The van der Waals surface area contributed by atoms with Crippen LogP contribution in [0.4, 0.5) is 4.39 Å². The number of aryl methyl sites for hydroxylation is 1. The summed E-state index contributed by atoms with van der Waals surface area (Å²) in [6.07, 6.45) is 1.36. The number of benzene rings is 1. The molecule has 0 fully saturated rings. The fourth-order valence-electron chi connectivity index (χ4n) is 1.89. The molecule has 3 aromatic rings. The maximum absolute atomic E-state index is 12.8. The number of hydrogen-bond acceptors (Lipinski definition) is 4. The number of carbonyl (C=O) groups is 1. The molecule has 1 aromatic carbocycles. The zero-order valence-corrected chi connectivity index (χ0v) is 10.9. The highest BCUT2D eigenvalue weighted by atomic mass is 32.1. The van der Waals surface area contributed by atoms with Crippen LogP contribution >= 0.6 is 11.3 Å². The van der Waals surface area contributed by atoms with Crippen LogP contribution in [-0.2, 0) is 6.42 Å². The Kier molecular flexibility index (Phi) is 2.87. The molecule has 96 valence electrons. The first-order valence-corrected chi connectivity index (χ1v) is 6.53. The average Bonchev–Trinajstić information content (AvgIpc) is 2.88. The molecule has 3 rings (SSSR count). The molecule has 0 unspecified atom stereocenters. The normalized spacial score (nSPS) is 11.1. The highest BCUT2D eigenvalue weighted by molar-refractivity contribution is 7.16. The molecule has 4 nitrogen and oxygen atoms in total. The summed E-state index contributed by atoms with van der Waals surface area (Å²) in [7, 11) is 0. The minimum absolute atomic E-state index is 0.253. The van der Waals surface area contributed by atoms with Gasteiger partial charge in [0.15, 0.2) is 6.29 Å². The van der Waals surface area contributed by atoms with E-state index in [2.05, 4.69) is 10.1 Å². The van der Waals surface area contributed by atoms with Gasteiger partial charge in [0.05, 0.1) is 5.69 Å². The highest BCUT2D eigenvalue weighted by Gasteiger charge is 2.13. The molecule has 0 N–H and O–H groups in total. The van der Waals surface area contributed by atoms with Gasteiger partial charge in [-0.25, -0.2) is 9.37 Å². The Morgan fingerprint density at radius 3 is 2.79 bits per heavy atom. The highest BCUT2D eigenvalue weighted by Crippen LogP contribution is 2.20. The van der Waals surface area contributed by atoms with Crippen LogP contribution in [0.5, 0.6) is 0 Å². The van der Waals surface area contributed by atoms with Crippen LogP contribution in [-0.4, -0.2) is 20.9 Å². The van der Waals surface area contributed by atoms with Gasteiger partial charge in [-0.3, -0.25) is 4.79 Å². The number of carbonyl (C=O) groups excluding carboxylic acids is 1. The van der Waals surface area contributed by atoms with Gasteiger partial charge in [0, 0.05) is 6.42 Å². The molecule has 19 heavy (non-hydrogen) atoms. The summed E-state index contributed by atoms with van der Waals surface area (Å²) in [6.45, 7) is 1.78.